The van der Waals surface area contributed by atoms with Crippen LogP contribution in [-0.2, 0) is 0 Å². The van der Waals surface area contributed by atoms with Crippen LogP contribution in [0.5, 0.6) is 0 Å². The molecule has 4 rings (SSSR count). The first kappa shape index (κ1) is 17.7. The van der Waals surface area contributed by atoms with Gasteiger partial charge in [0, 0.05) is 53.9 Å². The van der Waals surface area contributed by atoms with Crippen LogP contribution >= 0.6 is 34.8 Å². The minimum absolute atomic E-state index is 0.378. The second-order valence-electron chi connectivity index (χ2n) is 5.37. The average Bonchev–Trinajstić information content (AvgIpc) is 2.69. The van der Waals surface area contributed by atoms with E-state index < -0.39 is 0 Å². The molecule has 0 saturated carbocycles. The van der Waals surface area contributed by atoms with Crippen LogP contribution in [0.1, 0.15) is 0 Å². The SMILES string of the molecule is Clc1cnccc1-c1nc(-c2ccncc2Cl)nc(-c2ccncc2Cl)n1. The zero-order valence-electron chi connectivity index (χ0n) is 13.5. The summed E-state index contributed by atoms with van der Waals surface area (Å²) in [7, 11) is 0. The highest BCUT2D eigenvalue weighted by atomic mass is 35.5. The minimum Gasteiger partial charge on any atom is -0.263 e. The van der Waals surface area contributed by atoms with E-state index in [0.29, 0.717) is 49.2 Å². The molecule has 0 spiro atoms. The second-order valence-corrected chi connectivity index (χ2v) is 6.59. The van der Waals surface area contributed by atoms with E-state index in [1.807, 2.05) is 0 Å². The van der Waals surface area contributed by atoms with E-state index in [4.69, 9.17) is 34.8 Å². The van der Waals surface area contributed by atoms with Gasteiger partial charge in [-0.15, -0.1) is 0 Å². The fourth-order valence-electron chi connectivity index (χ4n) is 2.41. The topological polar surface area (TPSA) is 77.3 Å². The molecule has 9 heteroatoms. The van der Waals surface area contributed by atoms with Crippen LogP contribution in [0.2, 0.25) is 15.1 Å². The molecule has 0 aromatic carbocycles. The third-order valence-corrected chi connectivity index (χ3v) is 4.58. The van der Waals surface area contributed by atoms with Gasteiger partial charge in [-0.05, 0) is 18.2 Å². The summed E-state index contributed by atoms with van der Waals surface area (Å²) >= 11 is 18.8. The summed E-state index contributed by atoms with van der Waals surface area (Å²) in [6, 6.07) is 5.19. The summed E-state index contributed by atoms with van der Waals surface area (Å²) in [5.41, 5.74) is 1.85. The Balaban J connectivity index is 1.99. The van der Waals surface area contributed by atoms with E-state index in [1.54, 1.807) is 36.8 Å². The summed E-state index contributed by atoms with van der Waals surface area (Å²) in [6.07, 6.45) is 9.42. The summed E-state index contributed by atoms with van der Waals surface area (Å²) in [6.45, 7) is 0. The molecule has 132 valence electrons. The molecule has 0 amide bonds. The Morgan fingerprint density at radius 3 is 1.04 bits per heavy atom. The van der Waals surface area contributed by atoms with Gasteiger partial charge in [-0.2, -0.15) is 0 Å². The van der Waals surface area contributed by atoms with Crippen LogP contribution in [0.4, 0.5) is 0 Å². The van der Waals surface area contributed by atoms with Gasteiger partial charge in [-0.25, -0.2) is 15.0 Å². The van der Waals surface area contributed by atoms with Gasteiger partial charge in [-0.1, -0.05) is 34.8 Å². The molecule has 0 unspecified atom stereocenters. The lowest BCUT2D eigenvalue weighted by atomic mass is 10.2. The van der Waals surface area contributed by atoms with Crippen molar-refractivity contribution in [1.29, 1.82) is 0 Å². The first-order valence-corrected chi connectivity index (χ1v) is 8.82. The van der Waals surface area contributed by atoms with Gasteiger partial charge in [0.1, 0.15) is 0 Å². The molecular formula is C18H9Cl3N6. The molecule has 6 nitrogen and oxygen atoms in total. The van der Waals surface area contributed by atoms with Crippen molar-refractivity contribution >= 4 is 34.8 Å². The monoisotopic (exact) mass is 414 g/mol. The zero-order chi connectivity index (χ0) is 18.8. The zero-order valence-corrected chi connectivity index (χ0v) is 15.8. The Bertz CT molecular complexity index is 981. The third kappa shape index (κ3) is 3.60. The fraction of sp³-hybridized carbons (Fsp3) is 0. The Labute approximate surface area is 169 Å². The molecule has 0 N–H and O–H groups in total. The highest BCUT2D eigenvalue weighted by Gasteiger charge is 2.17. The predicted molar refractivity (Wildman–Crippen MR) is 105 cm³/mol. The lowest BCUT2D eigenvalue weighted by Crippen LogP contribution is -2.01. The fourth-order valence-corrected chi connectivity index (χ4v) is 3.02. The molecule has 27 heavy (non-hydrogen) atoms. The third-order valence-electron chi connectivity index (χ3n) is 3.68. The molecule has 0 fully saturated rings. The Kier molecular flexibility index (Phi) is 4.94. The molecule has 0 bridgehead atoms. The lowest BCUT2D eigenvalue weighted by Gasteiger charge is -2.10. The normalized spacial score (nSPS) is 10.8. The largest absolute Gasteiger partial charge is 0.263 e. The van der Waals surface area contributed by atoms with Crippen molar-refractivity contribution < 1.29 is 0 Å². The highest BCUT2D eigenvalue weighted by molar-refractivity contribution is 6.34. The van der Waals surface area contributed by atoms with Crippen LogP contribution < -0.4 is 0 Å². The number of nitrogens with zero attached hydrogens (tertiary/aromatic N) is 6. The van der Waals surface area contributed by atoms with Crippen molar-refractivity contribution in [2.24, 2.45) is 0 Å². The maximum Gasteiger partial charge on any atom is 0.165 e. The van der Waals surface area contributed by atoms with Gasteiger partial charge in [0.2, 0.25) is 0 Å². The van der Waals surface area contributed by atoms with Gasteiger partial charge < -0.3 is 0 Å². The number of halogens is 3. The standard InChI is InChI=1S/C18H9Cl3N6/c19-13-7-22-4-1-10(13)16-25-17(11-2-5-23-8-14(11)20)27-18(26-16)12-3-6-24-9-15(12)21/h1-9H. The van der Waals surface area contributed by atoms with Crippen molar-refractivity contribution in [3.8, 4) is 34.2 Å². The summed E-state index contributed by atoms with van der Waals surface area (Å²) in [5, 5.41) is 1.26. The van der Waals surface area contributed by atoms with Gasteiger partial charge in [0.05, 0.1) is 15.1 Å². The smallest absolute Gasteiger partial charge is 0.165 e. The average molecular weight is 416 g/mol. The van der Waals surface area contributed by atoms with Gasteiger partial charge in [-0.3, -0.25) is 15.0 Å². The van der Waals surface area contributed by atoms with E-state index in [9.17, 15) is 0 Å². The molecule has 4 aromatic heterocycles. The Hall–Kier alpha value is -2.67. The Morgan fingerprint density at radius 2 is 0.778 bits per heavy atom. The molecule has 4 aromatic rings. The van der Waals surface area contributed by atoms with Gasteiger partial charge in [0.15, 0.2) is 17.5 Å². The molecule has 0 aliphatic rings. The minimum atomic E-state index is 0.378. The van der Waals surface area contributed by atoms with Crippen LogP contribution in [0.3, 0.4) is 0 Å². The Morgan fingerprint density at radius 1 is 0.481 bits per heavy atom. The van der Waals surface area contributed by atoms with Crippen LogP contribution in [0.25, 0.3) is 34.2 Å². The number of hydrogen-bond acceptors (Lipinski definition) is 6. The van der Waals surface area contributed by atoms with Crippen LogP contribution in [0, 0.1) is 0 Å². The molecule has 4 heterocycles. The highest BCUT2D eigenvalue weighted by Crippen LogP contribution is 2.32. The first-order valence-electron chi connectivity index (χ1n) is 7.69. The molecule has 0 saturated heterocycles. The molecule has 0 radical (unpaired) electrons. The van der Waals surface area contributed by atoms with Crippen LogP contribution in [0.15, 0.2) is 55.4 Å². The maximum atomic E-state index is 6.28. The van der Waals surface area contributed by atoms with Crippen LogP contribution in [-0.4, -0.2) is 29.9 Å². The van der Waals surface area contributed by atoms with E-state index >= 15 is 0 Å². The van der Waals surface area contributed by atoms with Crippen molar-refractivity contribution in [3.63, 3.8) is 0 Å². The summed E-state index contributed by atoms with van der Waals surface area (Å²) < 4.78 is 0. The van der Waals surface area contributed by atoms with Crippen molar-refractivity contribution in [1.82, 2.24) is 29.9 Å². The quantitative estimate of drug-likeness (QED) is 0.467. The van der Waals surface area contributed by atoms with Crippen molar-refractivity contribution in [2.75, 3.05) is 0 Å². The predicted octanol–water partition coefficient (Wildman–Crippen LogP) is 5.02. The van der Waals surface area contributed by atoms with E-state index in [1.165, 1.54) is 18.6 Å². The molecular weight excluding hydrogens is 407 g/mol. The second kappa shape index (κ2) is 7.52. The van der Waals surface area contributed by atoms with Gasteiger partial charge >= 0.3 is 0 Å². The maximum absolute atomic E-state index is 6.28. The number of hydrogen-bond donors (Lipinski definition) is 0. The molecule has 0 atom stereocenters. The lowest BCUT2D eigenvalue weighted by molar-refractivity contribution is 1.07. The first-order chi connectivity index (χ1) is 13.1. The molecule has 0 aliphatic carbocycles. The van der Waals surface area contributed by atoms with Crippen molar-refractivity contribution in [2.45, 2.75) is 0 Å². The summed E-state index contributed by atoms with van der Waals surface area (Å²) in [4.78, 5) is 25.6. The van der Waals surface area contributed by atoms with E-state index in [0.717, 1.165) is 0 Å². The van der Waals surface area contributed by atoms with Gasteiger partial charge in [0.25, 0.3) is 0 Å². The number of pyridine rings is 3. The number of aromatic nitrogens is 6. The van der Waals surface area contributed by atoms with Crippen molar-refractivity contribution in [3.05, 3.63) is 70.4 Å². The number of rotatable bonds is 3. The molecule has 0 aliphatic heterocycles. The summed E-state index contributed by atoms with van der Waals surface area (Å²) in [5.74, 6) is 1.13. The van der Waals surface area contributed by atoms with E-state index in [2.05, 4.69) is 29.9 Å². The van der Waals surface area contributed by atoms with E-state index in [-0.39, 0.29) is 0 Å².